The van der Waals surface area contributed by atoms with E-state index in [1.807, 2.05) is 85.1 Å². The topological polar surface area (TPSA) is 60.5 Å². The zero-order valence-corrected chi connectivity index (χ0v) is 17.6. The molecule has 0 saturated carbocycles. The average Bonchev–Trinajstić information content (AvgIpc) is 3.30. The number of carbonyl (C=O) groups excluding carboxylic acids is 1. The summed E-state index contributed by atoms with van der Waals surface area (Å²) in [5.74, 6) is 0.978. The molecule has 5 nitrogen and oxygen atoms in total. The Morgan fingerprint density at radius 3 is 2.42 bits per heavy atom. The average molecular weight is 429 g/mol. The summed E-state index contributed by atoms with van der Waals surface area (Å²) in [6.45, 7) is 1.83. The van der Waals surface area contributed by atoms with Gasteiger partial charge in [0.05, 0.1) is 5.69 Å². The van der Waals surface area contributed by atoms with Crippen molar-refractivity contribution in [1.29, 1.82) is 0 Å². The van der Waals surface area contributed by atoms with Crippen LogP contribution in [0.2, 0.25) is 0 Å². The lowest BCUT2D eigenvalue weighted by Gasteiger charge is -2.31. The predicted octanol–water partition coefficient (Wildman–Crippen LogP) is 5.64. The van der Waals surface area contributed by atoms with Crippen LogP contribution in [0.3, 0.4) is 0 Å². The molecule has 0 saturated heterocycles. The van der Waals surface area contributed by atoms with Crippen LogP contribution < -0.4 is 14.8 Å². The number of benzene rings is 3. The van der Waals surface area contributed by atoms with Crippen LogP contribution in [0.1, 0.15) is 6.92 Å². The first-order chi connectivity index (χ1) is 15.2. The number of nitrogens with one attached hydrogen (secondary N) is 1. The van der Waals surface area contributed by atoms with E-state index in [0.29, 0.717) is 17.2 Å². The number of aromatic nitrogens is 1. The van der Waals surface area contributed by atoms with Crippen LogP contribution in [-0.4, -0.2) is 23.1 Å². The van der Waals surface area contributed by atoms with E-state index in [9.17, 15) is 4.79 Å². The minimum atomic E-state index is -0.734. The number of rotatable bonds is 4. The largest absolute Gasteiger partial charge is 0.482 e. The molecule has 1 N–H and O–H groups in total. The van der Waals surface area contributed by atoms with E-state index < -0.39 is 12.2 Å². The van der Waals surface area contributed by atoms with Gasteiger partial charge in [0.15, 0.2) is 11.5 Å². The maximum Gasteiger partial charge on any atom is 0.269 e. The highest BCUT2D eigenvalue weighted by Gasteiger charge is 2.34. The van der Waals surface area contributed by atoms with Crippen LogP contribution >= 0.6 is 11.3 Å². The molecule has 1 amide bonds. The summed E-state index contributed by atoms with van der Waals surface area (Å²) in [6.07, 6.45) is -1.13. The van der Waals surface area contributed by atoms with Gasteiger partial charge in [0.1, 0.15) is 11.1 Å². The SMILES string of the molecule is CC1Oc2ccccc2OC1C(=O)Nc1cccc(-c2csc(-c3ccccc3)n2)c1. The van der Waals surface area contributed by atoms with E-state index in [1.54, 1.807) is 17.4 Å². The van der Waals surface area contributed by atoms with Gasteiger partial charge in [-0.15, -0.1) is 11.3 Å². The minimum Gasteiger partial charge on any atom is -0.482 e. The predicted molar refractivity (Wildman–Crippen MR) is 123 cm³/mol. The number of hydrogen-bond acceptors (Lipinski definition) is 5. The highest BCUT2D eigenvalue weighted by atomic mass is 32.1. The smallest absolute Gasteiger partial charge is 0.269 e. The summed E-state index contributed by atoms with van der Waals surface area (Å²) >= 11 is 1.60. The molecule has 1 aliphatic heterocycles. The quantitative estimate of drug-likeness (QED) is 0.457. The first-order valence-electron chi connectivity index (χ1n) is 10.0. The van der Waals surface area contributed by atoms with E-state index in [-0.39, 0.29) is 5.91 Å². The van der Waals surface area contributed by atoms with Gasteiger partial charge in [-0.05, 0) is 31.2 Å². The Kier molecular flexibility index (Phi) is 5.14. The molecule has 1 aliphatic rings. The zero-order valence-electron chi connectivity index (χ0n) is 16.8. The maximum atomic E-state index is 12.9. The summed E-state index contributed by atoms with van der Waals surface area (Å²) in [4.78, 5) is 17.7. The molecule has 0 fully saturated rings. The Morgan fingerprint density at radius 1 is 0.903 bits per heavy atom. The second kappa shape index (κ2) is 8.24. The van der Waals surface area contributed by atoms with Crippen molar-refractivity contribution >= 4 is 22.9 Å². The number of carbonyl (C=O) groups is 1. The molecular formula is C25H20N2O3S. The molecule has 0 bridgehead atoms. The molecule has 0 aliphatic carbocycles. The molecule has 1 aromatic heterocycles. The van der Waals surface area contributed by atoms with Gasteiger partial charge in [0.2, 0.25) is 6.10 Å². The number of ether oxygens (including phenoxy) is 2. The number of amides is 1. The van der Waals surface area contributed by atoms with Gasteiger partial charge in [-0.1, -0.05) is 54.6 Å². The molecule has 4 aromatic rings. The first kappa shape index (κ1) is 19.3. The van der Waals surface area contributed by atoms with E-state index in [0.717, 1.165) is 21.8 Å². The second-order valence-corrected chi connectivity index (χ2v) is 8.14. The third-order valence-corrected chi connectivity index (χ3v) is 5.94. The van der Waals surface area contributed by atoms with Gasteiger partial charge in [0.25, 0.3) is 5.91 Å². The van der Waals surface area contributed by atoms with Crippen LogP contribution in [0.5, 0.6) is 11.5 Å². The van der Waals surface area contributed by atoms with Crippen molar-refractivity contribution in [1.82, 2.24) is 4.98 Å². The van der Waals surface area contributed by atoms with Gasteiger partial charge in [-0.25, -0.2) is 4.98 Å². The van der Waals surface area contributed by atoms with Crippen LogP contribution in [-0.2, 0) is 4.79 Å². The molecule has 2 unspecified atom stereocenters. The van der Waals surface area contributed by atoms with E-state index in [1.165, 1.54) is 0 Å². The number of fused-ring (bicyclic) bond motifs is 1. The molecule has 2 heterocycles. The molecule has 5 rings (SSSR count). The van der Waals surface area contributed by atoms with Crippen molar-refractivity contribution < 1.29 is 14.3 Å². The fourth-order valence-corrected chi connectivity index (χ4v) is 4.33. The molecule has 0 spiro atoms. The second-order valence-electron chi connectivity index (χ2n) is 7.28. The zero-order chi connectivity index (χ0) is 21.2. The van der Waals surface area contributed by atoms with Crippen LogP contribution in [0.15, 0.2) is 84.2 Å². The van der Waals surface area contributed by atoms with Crippen molar-refractivity contribution in [3.8, 4) is 33.3 Å². The van der Waals surface area contributed by atoms with Crippen molar-refractivity contribution in [2.45, 2.75) is 19.1 Å². The number of anilines is 1. The highest BCUT2D eigenvalue weighted by molar-refractivity contribution is 7.13. The Balaban J connectivity index is 1.33. The first-order valence-corrected chi connectivity index (χ1v) is 10.9. The van der Waals surface area contributed by atoms with Crippen molar-refractivity contribution in [3.05, 3.63) is 84.2 Å². The fraction of sp³-hybridized carbons (Fsp3) is 0.120. The molecular weight excluding hydrogens is 408 g/mol. The molecule has 3 aromatic carbocycles. The minimum absolute atomic E-state index is 0.248. The standard InChI is InChI=1S/C25H20N2O3S/c1-16-23(30-22-13-6-5-12-21(22)29-16)24(28)26-19-11-7-10-18(14-19)20-15-31-25(27-20)17-8-3-2-4-9-17/h2-16,23H,1H3,(H,26,28). The van der Waals surface area contributed by atoms with E-state index in [2.05, 4.69) is 5.32 Å². The van der Waals surface area contributed by atoms with Gasteiger partial charge in [-0.3, -0.25) is 4.79 Å². The van der Waals surface area contributed by atoms with E-state index in [4.69, 9.17) is 14.5 Å². The summed E-state index contributed by atoms with van der Waals surface area (Å²) in [7, 11) is 0. The van der Waals surface area contributed by atoms with E-state index >= 15 is 0 Å². The summed E-state index contributed by atoms with van der Waals surface area (Å²) in [6, 6.07) is 25.1. The lowest BCUT2D eigenvalue weighted by atomic mass is 10.1. The molecule has 6 heteroatoms. The summed E-state index contributed by atoms with van der Waals surface area (Å²) in [5.41, 5.74) is 3.59. The third kappa shape index (κ3) is 4.02. The Hall–Kier alpha value is -3.64. The number of thiazole rings is 1. The Bertz CT molecular complexity index is 1220. The third-order valence-electron chi connectivity index (χ3n) is 5.05. The maximum absolute atomic E-state index is 12.9. The summed E-state index contributed by atoms with van der Waals surface area (Å²) < 4.78 is 11.7. The van der Waals surface area contributed by atoms with Crippen LogP contribution in [0.25, 0.3) is 21.8 Å². The van der Waals surface area contributed by atoms with Gasteiger partial charge < -0.3 is 14.8 Å². The molecule has 2 atom stereocenters. The lowest BCUT2D eigenvalue weighted by molar-refractivity contribution is -0.128. The van der Waals surface area contributed by atoms with Crippen LogP contribution in [0, 0.1) is 0 Å². The van der Waals surface area contributed by atoms with Crippen molar-refractivity contribution in [3.63, 3.8) is 0 Å². The van der Waals surface area contributed by atoms with Gasteiger partial charge >= 0.3 is 0 Å². The van der Waals surface area contributed by atoms with Gasteiger partial charge in [-0.2, -0.15) is 0 Å². The monoisotopic (exact) mass is 428 g/mol. The molecule has 154 valence electrons. The number of hydrogen-bond donors (Lipinski definition) is 1. The molecule has 31 heavy (non-hydrogen) atoms. The fourth-order valence-electron chi connectivity index (χ4n) is 3.50. The number of para-hydroxylation sites is 2. The van der Waals surface area contributed by atoms with Crippen molar-refractivity contribution in [2.24, 2.45) is 0 Å². The van der Waals surface area contributed by atoms with Gasteiger partial charge in [0, 0.05) is 22.2 Å². The summed E-state index contributed by atoms with van der Waals surface area (Å²) in [5, 5.41) is 5.94. The highest BCUT2D eigenvalue weighted by Crippen LogP contribution is 2.34. The Morgan fingerprint density at radius 2 is 1.61 bits per heavy atom. The number of nitrogens with zero attached hydrogens (tertiary/aromatic N) is 1. The van der Waals surface area contributed by atoms with Crippen LogP contribution in [0.4, 0.5) is 5.69 Å². The lowest BCUT2D eigenvalue weighted by Crippen LogP contribution is -2.46. The Labute approximate surface area is 184 Å². The molecule has 0 radical (unpaired) electrons. The normalized spacial score (nSPS) is 17.2. The van der Waals surface area contributed by atoms with Crippen molar-refractivity contribution in [2.75, 3.05) is 5.32 Å².